The summed E-state index contributed by atoms with van der Waals surface area (Å²) in [6, 6.07) is 9.89. The zero-order valence-electron chi connectivity index (χ0n) is 12.0. The number of nitrogens with zero attached hydrogens (tertiary/aromatic N) is 1. The van der Waals surface area contributed by atoms with Crippen LogP contribution in [-0.2, 0) is 10.2 Å². The number of amides is 1. The first-order chi connectivity index (χ1) is 9.07. The van der Waals surface area contributed by atoms with Gasteiger partial charge < -0.3 is 10.0 Å². The molecule has 0 saturated heterocycles. The summed E-state index contributed by atoms with van der Waals surface area (Å²) in [6.07, 6.45) is 0.309. The van der Waals surface area contributed by atoms with Crippen molar-refractivity contribution in [2.45, 2.75) is 38.7 Å². The summed E-state index contributed by atoms with van der Waals surface area (Å²) in [6.45, 7) is 7.22. The lowest BCUT2D eigenvalue weighted by Crippen LogP contribution is -2.41. The highest BCUT2D eigenvalue weighted by Gasteiger charge is 2.63. The molecule has 1 unspecified atom stereocenters. The van der Waals surface area contributed by atoms with Crippen molar-refractivity contribution in [3.8, 4) is 0 Å². The maximum absolute atomic E-state index is 12.8. The lowest BCUT2D eigenvalue weighted by Gasteiger charge is -2.27. The highest BCUT2D eigenvalue weighted by molar-refractivity contribution is 5.92. The molecule has 1 aromatic carbocycles. The quantitative estimate of drug-likeness (QED) is 0.882. The molecule has 1 aromatic rings. The minimum Gasteiger partial charge on any atom is -0.393 e. The van der Waals surface area contributed by atoms with Gasteiger partial charge in [-0.3, -0.25) is 4.79 Å². The Morgan fingerprint density at radius 1 is 1.37 bits per heavy atom. The molecule has 104 valence electrons. The number of carbonyl (C=O) groups is 1. The van der Waals surface area contributed by atoms with Crippen molar-refractivity contribution < 1.29 is 9.90 Å². The Bertz CT molecular complexity index is 439. The van der Waals surface area contributed by atoms with Crippen molar-refractivity contribution in [1.82, 2.24) is 4.90 Å². The van der Waals surface area contributed by atoms with Crippen LogP contribution in [0.4, 0.5) is 0 Å². The first kappa shape index (κ1) is 14.1. The normalized spacial score (nSPS) is 26.8. The van der Waals surface area contributed by atoms with Crippen molar-refractivity contribution in [1.29, 1.82) is 0 Å². The van der Waals surface area contributed by atoms with E-state index < -0.39 is 11.5 Å². The average Bonchev–Trinajstić information content (AvgIpc) is 3.18. The van der Waals surface area contributed by atoms with Crippen molar-refractivity contribution in [3.63, 3.8) is 0 Å². The van der Waals surface area contributed by atoms with E-state index in [1.807, 2.05) is 49.1 Å². The van der Waals surface area contributed by atoms with Gasteiger partial charge >= 0.3 is 0 Å². The largest absolute Gasteiger partial charge is 0.393 e. The second kappa shape index (κ2) is 5.33. The minimum absolute atomic E-state index is 0.0444. The van der Waals surface area contributed by atoms with E-state index in [4.69, 9.17) is 0 Å². The van der Waals surface area contributed by atoms with Crippen LogP contribution >= 0.6 is 0 Å². The van der Waals surface area contributed by atoms with Gasteiger partial charge in [0, 0.05) is 19.0 Å². The predicted molar refractivity (Wildman–Crippen MR) is 75.8 cm³/mol. The van der Waals surface area contributed by atoms with Gasteiger partial charge in [0.15, 0.2) is 0 Å². The van der Waals surface area contributed by atoms with Crippen LogP contribution in [0.5, 0.6) is 0 Å². The number of carbonyl (C=O) groups excluding carboxylic acids is 1. The Hall–Kier alpha value is -1.35. The molecule has 0 spiro atoms. The number of likely N-dealkylation sites (N-methyl/N-ethyl adjacent to an activating group) is 1. The summed E-state index contributed by atoms with van der Waals surface area (Å²) in [7, 11) is 0. The number of aliphatic hydroxyl groups excluding tert-OH is 1. The van der Waals surface area contributed by atoms with Crippen LogP contribution in [0, 0.1) is 5.92 Å². The number of hydrogen-bond donors (Lipinski definition) is 1. The molecular weight excluding hydrogens is 238 g/mol. The number of hydrogen-bond acceptors (Lipinski definition) is 2. The van der Waals surface area contributed by atoms with Gasteiger partial charge in [0.05, 0.1) is 11.5 Å². The molecule has 0 aliphatic heterocycles. The maximum atomic E-state index is 12.8. The fraction of sp³-hybridized carbons (Fsp3) is 0.562. The molecule has 3 atom stereocenters. The van der Waals surface area contributed by atoms with Gasteiger partial charge in [-0.05, 0) is 32.8 Å². The molecule has 3 nitrogen and oxygen atoms in total. The van der Waals surface area contributed by atoms with Crippen LogP contribution in [0.1, 0.15) is 32.8 Å². The summed E-state index contributed by atoms with van der Waals surface area (Å²) in [5.41, 5.74) is 0.541. The van der Waals surface area contributed by atoms with E-state index in [2.05, 4.69) is 0 Å². The summed E-state index contributed by atoms with van der Waals surface area (Å²) in [5.74, 6) is 0.206. The fourth-order valence-electron chi connectivity index (χ4n) is 3.10. The van der Waals surface area contributed by atoms with Crippen LogP contribution in [0.25, 0.3) is 0 Å². The molecule has 2 rings (SSSR count). The van der Waals surface area contributed by atoms with Gasteiger partial charge in [-0.15, -0.1) is 0 Å². The van der Waals surface area contributed by atoms with E-state index in [-0.39, 0.29) is 11.8 Å². The molecule has 1 N–H and O–H groups in total. The standard InChI is InChI=1S/C16H23NO2/c1-4-17(5-2)15(19)16(11-14(16)12(3)18)13-9-7-6-8-10-13/h6-10,12,14,18H,4-5,11H2,1-3H3/t12?,14-,16+/m1/s1. The van der Waals surface area contributed by atoms with Gasteiger partial charge in [0.2, 0.25) is 5.91 Å². The lowest BCUT2D eigenvalue weighted by molar-refractivity contribution is -0.134. The van der Waals surface area contributed by atoms with Crippen LogP contribution in [-0.4, -0.2) is 35.1 Å². The van der Waals surface area contributed by atoms with Gasteiger partial charge in [0.1, 0.15) is 0 Å². The van der Waals surface area contributed by atoms with E-state index >= 15 is 0 Å². The summed E-state index contributed by atoms with van der Waals surface area (Å²) < 4.78 is 0. The highest BCUT2D eigenvalue weighted by Crippen LogP contribution is 2.57. The van der Waals surface area contributed by atoms with Crippen LogP contribution in [0.3, 0.4) is 0 Å². The molecule has 0 radical (unpaired) electrons. The SMILES string of the molecule is CCN(CC)C(=O)[C@]1(c2ccccc2)C[C@@H]1C(C)O. The van der Waals surface area contributed by atoms with Crippen molar-refractivity contribution >= 4 is 5.91 Å². The first-order valence-corrected chi connectivity index (χ1v) is 7.10. The van der Waals surface area contributed by atoms with E-state index in [1.54, 1.807) is 6.92 Å². The minimum atomic E-state index is -0.499. The van der Waals surface area contributed by atoms with E-state index in [1.165, 1.54) is 0 Å². The third kappa shape index (κ3) is 2.27. The lowest BCUT2D eigenvalue weighted by atomic mass is 9.90. The fourth-order valence-corrected chi connectivity index (χ4v) is 3.10. The molecule has 0 heterocycles. The molecule has 0 bridgehead atoms. The molecule has 1 saturated carbocycles. The zero-order valence-corrected chi connectivity index (χ0v) is 12.0. The topological polar surface area (TPSA) is 40.5 Å². The zero-order chi connectivity index (χ0) is 14.0. The smallest absolute Gasteiger partial charge is 0.233 e. The van der Waals surface area contributed by atoms with E-state index in [0.29, 0.717) is 0 Å². The third-order valence-electron chi connectivity index (χ3n) is 4.32. The third-order valence-corrected chi connectivity index (χ3v) is 4.32. The van der Waals surface area contributed by atoms with Crippen molar-refractivity contribution in [2.24, 2.45) is 5.92 Å². The summed E-state index contributed by atoms with van der Waals surface area (Å²) in [4.78, 5) is 14.7. The molecular formula is C16H23NO2. The average molecular weight is 261 g/mol. The van der Waals surface area contributed by atoms with Gasteiger partial charge in [-0.25, -0.2) is 0 Å². The van der Waals surface area contributed by atoms with Gasteiger partial charge in [0.25, 0.3) is 0 Å². The van der Waals surface area contributed by atoms with Crippen molar-refractivity contribution in [2.75, 3.05) is 13.1 Å². The Balaban J connectivity index is 2.36. The number of rotatable bonds is 5. The van der Waals surface area contributed by atoms with E-state index in [0.717, 1.165) is 25.1 Å². The Kier molecular flexibility index (Phi) is 3.95. The number of aliphatic hydroxyl groups is 1. The van der Waals surface area contributed by atoms with Gasteiger partial charge in [-0.2, -0.15) is 0 Å². The van der Waals surface area contributed by atoms with Crippen LogP contribution in [0.2, 0.25) is 0 Å². The first-order valence-electron chi connectivity index (χ1n) is 7.10. The molecule has 0 aromatic heterocycles. The Labute approximate surface area is 115 Å². The predicted octanol–water partition coefficient (Wildman–Crippen LogP) is 2.19. The molecule has 1 aliphatic rings. The second-order valence-corrected chi connectivity index (χ2v) is 5.37. The van der Waals surface area contributed by atoms with Gasteiger partial charge in [-0.1, -0.05) is 30.3 Å². The summed E-state index contributed by atoms with van der Waals surface area (Å²) >= 11 is 0. The maximum Gasteiger partial charge on any atom is 0.233 e. The summed E-state index contributed by atoms with van der Waals surface area (Å²) in [5, 5.41) is 9.89. The van der Waals surface area contributed by atoms with Crippen LogP contribution < -0.4 is 0 Å². The Morgan fingerprint density at radius 3 is 2.37 bits per heavy atom. The monoisotopic (exact) mass is 261 g/mol. The van der Waals surface area contributed by atoms with Crippen LogP contribution in [0.15, 0.2) is 30.3 Å². The molecule has 1 aliphatic carbocycles. The van der Waals surface area contributed by atoms with E-state index in [9.17, 15) is 9.90 Å². The molecule has 1 fully saturated rings. The second-order valence-electron chi connectivity index (χ2n) is 5.37. The van der Waals surface area contributed by atoms with Crippen molar-refractivity contribution in [3.05, 3.63) is 35.9 Å². The molecule has 19 heavy (non-hydrogen) atoms. The highest BCUT2D eigenvalue weighted by atomic mass is 16.3. The molecule has 3 heteroatoms. The number of benzene rings is 1. The molecule has 1 amide bonds. The Morgan fingerprint density at radius 2 is 1.95 bits per heavy atom.